The molecular formula is C14H12NO4+. The Morgan fingerprint density at radius 1 is 1.16 bits per heavy atom. The molecule has 0 fully saturated rings. The van der Waals surface area contributed by atoms with Gasteiger partial charge in [0.05, 0.1) is 5.56 Å². The fraction of sp³-hybridized carbons (Fsp3) is 0.0714. The molecule has 5 nitrogen and oxygen atoms in total. The van der Waals surface area contributed by atoms with Crippen LogP contribution >= 0.6 is 0 Å². The molecule has 0 heterocycles. The number of nitrogens with zero attached hydrogens (tertiary/aromatic N) is 1. The Bertz CT molecular complexity index is 637. The zero-order valence-electron chi connectivity index (χ0n) is 10.2. The summed E-state index contributed by atoms with van der Waals surface area (Å²) >= 11 is 0. The summed E-state index contributed by atoms with van der Waals surface area (Å²) in [4.78, 5) is 22.2. The SMILES string of the molecule is C[N+](=O)c1ccccc1Oc1cccc(C(=O)O)c1. The second-order valence-electron chi connectivity index (χ2n) is 3.90. The molecule has 0 spiro atoms. The predicted molar refractivity (Wildman–Crippen MR) is 69.1 cm³/mol. The Labute approximate surface area is 109 Å². The number of ether oxygens (including phenoxy) is 1. The smallest absolute Gasteiger partial charge is 0.335 e. The highest BCUT2D eigenvalue weighted by molar-refractivity contribution is 5.88. The maximum absolute atomic E-state index is 11.4. The lowest BCUT2D eigenvalue weighted by atomic mass is 10.2. The van der Waals surface area contributed by atoms with Crippen molar-refractivity contribution in [2.45, 2.75) is 0 Å². The van der Waals surface area contributed by atoms with E-state index in [1.54, 1.807) is 36.4 Å². The third-order valence-corrected chi connectivity index (χ3v) is 2.51. The molecule has 2 aromatic rings. The molecule has 2 rings (SSSR count). The van der Waals surface area contributed by atoms with Crippen molar-refractivity contribution in [3.63, 3.8) is 0 Å². The van der Waals surface area contributed by atoms with Gasteiger partial charge in [-0.2, -0.15) is 0 Å². The van der Waals surface area contributed by atoms with Gasteiger partial charge in [0.2, 0.25) is 5.75 Å². The summed E-state index contributed by atoms with van der Waals surface area (Å²) in [7, 11) is 1.37. The zero-order valence-corrected chi connectivity index (χ0v) is 10.2. The van der Waals surface area contributed by atoms with Crippen molar-refractivity contribution >= 4 is 11.7 Å². The Kier molecular flexibility index (Phi) is 3.56. The van der Waals surface area contributed by atoms with Gasteiger partial charge < -0.3 is 9.84 Å². The normalized spacial score (nSPS) is 9.95. The van der Waals surface area contributed by atoms with Gasteiger partial charge in [0.25, 0.3) is 5.69 Å². The standard InChI is InChI=1S/C14H11NO4/c1-15(18)12-7-2-3-8-13(12)19-11-6-4-5-10(9-11)14(16)17/h2-9H,1H3/p+1. The molecule has 0 aliphatic heterocycles. The minimum Gasteiger partial charge on any atom is -0.478 e. The fourth-order valence-electron chi connectivity index (χ4n) is 1.62. The van der Waals surface area contributed by atoms with Crippen LogP contribution in [0.1, 0.15) is 10.4 Å². The van der Waals surface area contributed by atoms with E-state index in [1.807, 2.05) is 0 Å². The van der Waals surface area contributed by atoms with Crippen molar-refractivity contribution in [2.24, 2.45) is 0 Å². The van der Waals surface area contributed by atoms with Crippen LogP contribution in [-0.4, -0.2) is 22.9 Å². The van der Waals surface area contributed by atoms with Gasteiger partial charge in [-0.1, -0.05) is 18.2 Å². The van der Waals surface area contributed by atoms with Gasteiger partial charge in [-0.15, -0.1) is 0 Å². The number of carbonyl (C=O) groups is 1. The van der Waals surface area contributed by atoms with Gasteiger partial charge in [-0.25, -0.2) is 4.79 Å². The highest BCUT2D eigenvalue weighted by atomic mass is 16.5. The third kappa shape index (κ3) is 2.95. The average molecular weight is 258 g/mol. The summed E-state index contributed by atoms with van der Waals surface area (Å²) in [6, 6.07) is 12.8. The van der Waals surface area contributed by atoms with E-state index in [4.69, 9.17) is 9.84 Å². The maximum Gasteiger partial charge on any atom is 0.335 e. The number of hydrogen-bond acceptors (Lipinski definition) is 3. The molecular weight excluding hydrogens is 246 g/mol. The fourth-order valence-corrected chi connectivity index (χ4v) is 1.62. The largest absolute Gasteiger partial charge is 0.478 e. The van der Waals surface area contributed by atoms with Gasteiger partial charge in [0.1, 0.15) is 5.75 Å². The van der Waals surface area contributed by atoms with E-state index < -0.39 is 5.97 Å². The number of rotatable bonds is 4. The first-order chi connectivity index (χ1) is 9.08. The monoisotopic (exact) mass is 258 g/mol. The second-order valence-corrected chi connectivity index (χ2v) is 3.90. The molecule has 0 aliphatic carbocycles. The molecule has 96 valence electrons. The van der Waals surface area contributed by atoms with Gasteiger partial charge in [0.15, 0.2) is 7.05 Å². The van der Waals surface area contributed by atoms with E-state index in [2.05, 4.69) is 0 Å². The molecule has 0 bridgehead atoms. The minimum atomic E-state index is -1.03. The van der Waals surface area contributed by atoms with E-state index in [0.717, 1.165) is 0 Å². The van der Waals surface area contributed by atoms with Crippen molar-refractivity contribution in [3.8, 4) is 11.5 Å². The Morgan fingerprint density at radius 3 is 2.58 bits per heavy atom. The number of carboxylic acid groups (broad SMARTS) is 1. The van der Waals surface area contributed by atoms with Crippen LogP contribution in [0.15, 0.2) is 48.5 Å². The molecule has 0 unspecified atom stereocenters. The quantitative estimate of drug-likeness (QED) is 0.855. The topological polar surface area (TPSA) is 66.6 Å². The zero-order chi connectivity index (χ0) is 13.8. The van der Waals surface area contributed by atoms with Gasteiger partial charge in [-0.05, 0) is 24.3 Å². The van der Waals surface area contributed by atoms with E-state index >= 15 is 0 Å². The van der Waals surface area contributed by atoms with Crippen LogP contribution in [0.4, 0.5) is 5.69 Å². The first-order valence-electron chi connectivity index (χ1n) is 5.59. The van der Waals surface area contributed by atoms with Crippen LogP contribution in [0.3, 0.4) is 0 Å². The van der Waals surface area contributed by atoms with Gasteiger partial charge in [-0.3, -0.25) is 0 Å². The van der Waals surface area contributed by atoms with Crippen LogP contribution in [0.5, 0.6) is 11.5 Å². The molecule has 19 heavy (non-hydrogen) atoms. The average Bonchev–Trinajstić information content (AvgIpc) is 2.39. The van der Waals surface area contributed by atoms with E-state index in [1.165, 1.54) is 19.2 Å². The Morgan fingerprint density at radius 2 is 1.89 bits per heavy atom. The number of benzene rings is 2. The summed E-state index contributed by atoms with van der Waals surface area (Å²) in [6.07, 6.45) is 0. The summed E-state index contributed by atoms with van der Waals surface area (Å²) < 4.78 is 6.25. The van der Waals surface area contributed by atoms with Crippen LogP contribution in [0.25, 0.3) is 0 Å². The maximum atomic E-state index is 11.4. The molecule has 0 atom stereocenters. The Hall–Kier alpha value is -2.69. The van der Waals surface area contributed by atoms with Crippen molar-refractivity contribution < 1.29 is 19.4 Å². The molecule has 0 saturated carbocycles. The second kappa shape index (κ2) is 5.30. The molecule has 0 aromatic heterocycles. The molecule has 0 radical (unpaired) electrons. The summed E-state index contributed by atoms with van der Waals surface area (Å²) in [6.45, 7) is 0. The molecule has 2 aromatic carbocycles. The third-order valence-electron chi connectivity index (χ3n) is 2.51. The first kappa shape index (κ1) is 12.8. The Balaban J connectivity index is 2.34. The van der Waals surface area contributed by atoms with E-state index in [-0.39, 0.29) is 5.56 Å². The highest BCUT2D eigenvalue weighted by Gasteiger charge is 2.15. The van der Waals surface area contributed by atoms with Crippen molar-refractivity contribution in [2.75, 3.05) is 7.05 Å². The van der Waals surface area contributed by atoms with Crippen molar-refractivity contribution in [1.82, 2.24) is 0 Å². The minimum absolute atomic E-state index is 0.130. The number of nitroso groups, excluding NO2 is 1. The van der Waals surface area contributed by atoms with Crippen molar-refractivity contribution in [3.05, 3.63) is 59.0 Å². The summed E-state index contributed by atoms with van der Waals surface area (Å²) in [5.74, 6) is -0.281. The van der Waals surface area contributed by atoms with Gasteiger partial charge in [0, 0.05) is 15.7 Å². The lowest BCUT2D eigenvalue weighted by molar-refractivity contribution is -0.428. The lowest BCUT2D eigenvalue weighted by Crippen LogP contribution is -1.97. The summed E-state index contributed by atoms with van der Waals surface area (Å²) in [5, 5.41) is 8.90. The lowest BCUT2D eigenvalue weighted by Gasteiger charge is -2.06. The number of para-hydroxylation sites is 2. The van der Waals surface area contributed by atoms with Crippen LogP contribution in [0.2, 0.25) is 0 Å². The van der Waals surface area contributed by atoms with E-state index in [9.17, 15) is 9.70 Å². The van der Waals surface area contributed by atoms with Crippen LogP contribution < -0.4 is 4.74 Å². The van der Waals surface area contributed by atoms with Crippen molar-refractivity contribution in [1.29, 1.82) is 0 Å². The molecule has 1 N–H and O–H groups in total. The number of carboxylic acids is 1. The van der Waals surface area contributed by atoms with Gasteiger partial charge >= 0.3 is 5.97 Å². The highest BCUT2D eigenvalue weighted by Crippen LogP contribution is 2.30. The van der Waals surface area contributed by atoms with E-state index in [0.29, 0.717) is 21.9 Å². The first-order valence-corrected chi connectivity index (χ1v) is 5.59. The summed E-state index contributed by atoms with van der Waals surface area (Å²) in [5.41, 5.74) is 0.508. The molecule has 0 saturated heterocycles. The van der Waals surface area contributed by atoms with Crippen LogP contribution in [0, 0.1) is 4.91 Å². The molecule has 0 amide bonds. The predicted octanol–water partition coefficient (Wildman–Crippen LogP) is 3.22. The molecule has 0 aliphatic rings. The number of hydrogen-bond donors (Lipinski definition) is 1. The van der Waals surface area contributed by atoms with Crippen LogP contribution in [-0.2, 0) is 0 Å². The number of aromatic carboxylic acids is 1. The molecule has 5 heteroatoms.